The minimum atomic E-state index is -4.61. The molecule has 2 atom stereocenters. The van der Waals surface area contributed by atoms with Gasteiger partial charge in [-0.05, 0) is 36.3 Å². The van der Waals surface area contributed by atoms with Crippen molar-refractivity contribution in [3.05, 3.63) is 35.4 Å². The number of benzene rings is 1. The molecule has 4 N–H and O–H groups in total. The second-order valence-corrected chi connectivity index (χ2v) is 10.4. The maximum Gasteiger partial charge on any atom is 0.189 e. The third kappa shape index (κ3) is 6.01. The SMILES string of the molecule is CCCC(CCC)c1cccc(C(O)CCC([NH3+])(C(C)(C)C)S(=O)(=O)[O-])c1. The smallest absolute Gasteiger partial charge is 0.189 e. The van der Waals surface area contributed by atoms with Gasteiger partial charge < -0.3 is 15.4 Å². The maximum atomic E-state index is 11.8. The van der Waals surface area contributed by atoms with Gasteiger partial charge in [-0.25, -0.2) is 8.42 Å². The largest absolute Gasteiger partial charge is 0.743 e. The van der Waals surface area contributed by atoms with Gasteiger partial charge in [0.15, 0.2) is 15.0 Å². The summed E-state index contributed by atoms with van der Waals surface area (Å²) in [5.41, 5.74) is 4.92. The summed E-state index contributed by atoms with van der Waals surface area (Å²) in [5.74, 6) is 0.468. The highest BCUT2D eigenvalue weighted by atomic mass is 32.2. The molecule has 156 valence electrons. The summed E-state index contributed by atoms with van der Waals surface area (Å²) >= 11 is 0. The average Bonchev–Trinajstić information content (AvgIpc) is 2.57. The maximum absolute atomic E-state index is 11.8. The molecule has 1 aromatic carbocycles. The van der Waals surface area contributed by atoms with E-state index in [1.54, 1.807) is 20.8 Å². The monoisotopic (exact) mass is 399 g/mol. The molecule has 0 radical (unpaired) electrons. The minimum Gasteiger partial charge on any atom is -0.743 e. The Labute approximate surface area is 165 Å². The van der Waals surface area contributed by atoms with Crippen molar-refractivity contribution in [2.45, 2.75) is 90.0 Å². The van der Waals surface area contributed by atoms with Crippen molar-refractivity contribution in [3.8, 4) is 0 Å². The molecule has 0 fully saturated rings. The van der Waals surface area contributed by atoms with Crippen LogP contribution in [-0.4, -0.2) is 22.9 Å². The van der Waals surface area contributed by atoms with Crippen LogP contribution in [0, 0.1) is 5.41 Å². The molecule has 27 heavy (non-hydrogen) atoms. The fourth-order valence-electron chi connectivity index (χ4n) is 3.61. The predicted molar refractivity (Wildman–Crippen MR) is 108 cm³/mol. The van der Waals surface area contributed by atoms with Gasteiger partial charge in [0.25, 0.3) is 0 Å². The minimum absolute atomic E-state index is 0.0150. The highest BCUT2D eigenvalue weighted by molar-refractivity contribution is 7.86. The van der Waals surface area contributed by atoms with Crippen LogP contribution in [0.1, 0.15) is 96.3 Å². The lowest BCUT2D eigenvalue weighted by molar-refractivity contribution is -0.470. The number of hydrogen-bond donors (Lipinski definition) is 2. The van der Waals surface area contributed by atoms with E-state index in [0.29, 0.717) is 5.92 Å². The molecule has 0 heterocycles. The summed E-state index contributed by atoms with van der Waals surface area (Å²) < 4.78 is 35.5. The van der Waals surface area contributed by atoms with E-state index in [2.05, 4.69) is 25.6 Å². The molecule has 0 saturated carbocycles. The highest BCUT2D eigenvalue weighted by Gasteiger charge is 2.48. The third-order valence-electron chi connectivity index (χ3n) is 5.71. The number of aliphatic hydroxyl groups is 1. The van der Waals surface area contributed by atoms with Crippen molar-refractivity contribution in [1.82, 2.24) is 0 Å². The third-order valence-corrected chi connectivity index (χ3v) is 7.48. The first-order valence-electron chi connectivity index (χ1n) is 9.96. The number of rotatable bonds is 10. The summed E-state index contributed by atoms with van der Waals surface area (Å²) in [6, 6.07) is 7.91. The fourth-order valence-corrected chi connectivity index (χ4v) is 4.72. The summed E-state index contributed by atoms with van der Waals surface area (Å²) in [7, 11) is -4.61. The van der Waals surface area contributed by atoms with Gasteiger partial charge in [-0.15, -0.1) is 0 Å². The zero-order valence-corrected chi connectivity index (χ0v) is 18.3. The molecular weight excluding hydrogens is 362 g/mol. The van der Waals surface area contributed by atoms with E-state index in [-0.39, 0.29) is 12.8 Å². The Hall–Kier alpha value is -0.950. The Balaban J connectivity index is 3.00. The van der Waals surface area contributed by atoms with Crippen LogP contribution in [0.15, 0.2) is 24.3 Å². The Morgan fingerprint density at radius 3 is 2.04 bits per heavy atom. The molecule has 0 aliphatic heterocycles. The van der Waals surface area contributed by atoms with Gasteiger partial charge in [-0.3, -0.25) is 0 Å². The second-order valence-electron chi connectivity index (χ2n) is 8.70. The molecule has 0 spiro atoms. The average molecular weight is 400 g/mol. The molecule has 0 aliphatic carbocycles. The molecule has 0 amide bonds. The van der Waals surface area contributed by atoms with E-state index >= 15 is 0 Å². The van der Waals surface area contributed by atoms with E-state index in [1.165, 1.54) is 5.56 Å². The van der Waals surface area contributed by atoms with Crippen LogP contribution >= 0.6 is 0 Å². The Kier molecular flexibility index (Phi) is 8.48. The van der Waals surface area contributed by atoms with Gasteiger partial charge in [-0.2, -0.15) is 0 Å². The molecule has 0 aromatic heterocycles. The van der Waals surface area contributed by atoms with E-state index in [0.717, 1.165) is 31.2 Å². The van der Waals surface area contributed by atoms with E-state index in [1.807, 2.05) is 18.2 Å². The normalized spacial score (nSPS) is 16.3. The van der Waals surface area contributed by atoms with E-state index in [9.17, 15) is 18.1 Å². The summed E-state index contributed by atoms with van der Waals surface area (Å²) in [5, 5.41) is 10.7. The van der Waals surface area contributed by atoms with Gasteiger partial charge in [0.05, 0.1) is 6.10 Å². The van der Waals surface area contributed by atoms with E-state index in [4.69, 9.17) is 0 Å². The molecule has 0 saturated heterocycles. The van der Waals surface area contributed by atoms with Gasteiger partial charge in [0, 0.05) is 11.8 Å². The lowest BCUT2D eigenvalue weighted by Crippen LogP contribution is -2.81. The molecule has 0 aliphatic rings. The zero-order valence-electron chi connectivity index (χ0n) is 17.5. The first-order valence-corrected chi connectivity index (χ1v) is 11.4. The molecular formula is C21H37NO4S. The van der Waals surface area contributed by atoms with Crippen LogP contribution in [0.5, 0.6) is 0 Å². The lowest BCUT2D eigenvalue weighted by atomic mass is 9.82. The fraction of sp³-hybridized carbons (Fsp3) is 0.714. The first kappa shape index (κ1) is 24.1. The lowest BCUT2D eigenvalue weighted by Gasteiger charge is -2.40. The van der Waals surface area contributed by atoms with Crippen LogP contribution in [0.25, 0.3) is 0 Å². The Morgan fingerprint density at radius 1 is 1.07 bits per heavy atom. The quantitative estimate of drug-likeness (QED) is 0.585. The molecule has 0 bridgehead atoms. The molecule has 1 aromatic rings. The van der Waals surface area contributed by atoms with Gasteiger partial charge in [0.1, 0.15) is 0 Å². The van der Waals surface area contributed by atoms with Crippen molar-refractivity contribution in [3.63, 3.8) is 0 Å². The topological polar surface area (TPSA) is 105 Å². The number of aliphatic hydroxyl groups excluding tert-OH is 1. The van der Waals surface area contributed by atoms with Crippen LogP contribution in [0.3, 0.4) is 0 Å². The molecule has 6 heteroatoms. The predicted octanol–water partition coefficient (Wildman–Crippen LogP) is 3.71. The number of hydrogen-bond acceptors (Lipinski definition) is 4. The van der Waals surface area contributed by atoms with Gasteiger partial charge >= 0.3 is 0 Å². The highest BCUT2D eigenvalue weighted by Crippen LogP contribution is 2.37. The number of quaternary nitrogens is 1. The van der Waals surface area contributed by atoms with Crippen molar-refractivity contribution in [1.29, 1.82) is 0 Å². The van der Waals surface area contributed by atoms with Crippen LogP contribution in [-0.2, 0) is 10.1 Å². The molecule has 5 nitrogen and oxygen atoms in total. The van der Waals surface area contributed by atoms with Crippen molar-refractivity contribution in [2.75, 3.05) is 0 Å². The van der Waals surface area contributed by atoms with Crippen molar-refractivity contribution < 1.29 is 23.8 Å². The van der Waals surface area contributed by atoms with Gasteiger partial charge in [-0.1, -0.05) is 71.7 Å². The van der Waals surface area contributed by atoms with Crippen LogP contribution in [0.2, 0.25) is 0 Å². The second kappa shape index (κ2) is 9.50. The van der Waals surface area contributed by atoms with Crippen LogP contribution in [0.4, 0.5) is 0 Å². The Morgan fingerprint density at radius 2 is 1.59 bits per heavy atom. The molecule has 2 unspecified atom stereocenters. The van der Waals surface area contributed by atoms with Crippen molar-refractivity contribution >= 4 is 10.1 Å². The summed E-state index contributed by atoms with van der Waals surface area (Å²) in [6.45, 7) is 9.43. The van der Waals surface area contributed by atoms with Gasteiger partial charge in [0.2, 0.25) is 0 Å². The zero-order chi connectivity index (χ0) is 20.9. The standard InChI is InChI=1S/C21H37NO4S/c1-6-9-16(10-7-2)17-11-8-12-18(15-17)19(23)13-14-21(22,20(3,4)5)27(24,25)26/h8,11-12,15-16,19,23H,6-7,9-10,13-14,22H2,1-5H3,(H,24,25,26). The Bertz CT molecular complexity index is 690. The van der Waals surface area contributed by atoms with Crippen LogP contribution < -0.4 is 5.73 Å². The van der Waals surface area contributed by atoms with Crippen molar-refractivity contribution in [2.24, 2.45) is 5.41 Å². The first-order chi connectivity index (χ1) is 12.4. The summed E-state index contributed by atoms with van der Waals surface area (Å²) in [4.78, 5) is -1.68. The van der Waals surface area contributed by atoms with E-state index < -0.39 is 26.5 Å². The molecule has 1 rings (SSSR count). The summed E-state index contributed by atoms with van der Waals surface area (Å²) in [6.07, 6.45) is 3.79.